The fourth-order valence-electron chi connectivity index (χ4n) is 4.05. The summed E-state index contributed by atoms with van der Waals surface area (Å²) in [6, 6.07) is 5.89. The molecule has 1 fully saturated rings. The molecular weight excluding hydrogens is 460 g/mol. The van der Waals surface area contributed by atoms with Crippen molar-refractivity contribution in [3.63, 3.8) is 0 Å². The Bertz CT molecular complexity index is 1270. The lowest BCUT2D eigenvalue weighted by molar-refractivity contribution is 0.0911. The number of carbonyl (C=O) groups is 1. The summed E-state index contributed by atoms with van der Waals surface area (Å²) in [6.07, 6.45) is 5.03. The molecule has 1 aromatic carbocycles. The number of nitrogens with one attached hydrogen (secondary N) is 1. The van der Waals surface area contributed by atoms with Gasteiger partial charge in [0.05, 0.1) is 14.2 Å². The van der Waals surface area contributed by atoms with Gasteiger partial charge in [-0.05, 0) is 37.5 Å². The number of furan rings is 1. The van der Waals surface area contributed by atoms with Crippen LogP contribution in [-0.2, 0) is 17.1 Å². The highest BCUT2D eigenvalue weighted by Gasteiger charge is 2.32. The number of aromatic nitrogens is 2. The summed E-state index contributed by atoms with van der Waals surface area (Å²) in [5.41, 5.74) is 0.673. The van der Waals surface area contributed by atoms with Crippen LogP contribution in [0.2, 0.25) is 0 Å². The first-order chi connectivity index (χ1) is 16.2. The molecule has 0 spiro atoms. The van der Waals surface area contributed by atoms with Crippen molar-refractivity contribution in [1.82, 2.24) is 19.2 Å². The average Bonchev–Trinajstić information content (AvgIpc) is 3.58. The summed E-state index contributed by atoms with van der Waals surface area (Å²) in [4.78, 5) is 17.7. The van der Waals surface area contributed by atoms with Crippen molar-refractivity contribution in [3.8, 4) is 11.5 Å². The van der Waals surface area contributed by atoms with E-state index in [2.05, 4.69) is 10.3 Å². The third kappa shape index (κ3) is 4.53. The minimum Gasteiger partial charge on any atom is -0.497 e. The van der Waals surface area contributed by atoms with Crippen LogP contribution >= 0.6 is 0 Å². The fourth-order valence-corrected chi connectivity index (χ4v) is 5.73. The van der Waals surface area contributed by atoms with Gasteiger partial charge in [-0.3, -0.25) is 4.79 Å². The third-order valence-corrected chi connectivity index (χ3v) is 7.88. The van der Waals surface area contributed by atoms with Crippen LogP contribution in [0.3, 0.4) is 0 Å². The second-order valence-electron chi connectivity index (χ2n) is 8.09. The highest BCUT2D eigenvalue weighted by atomic mass is 32.2. The molecule has 11 heteroatoms. The van der Waals surface area contributed by atoms with Gasteiger partial charge in [-0.2, -0.15) is 4.31 Å². The maximum Gasteiger partial charge on any atom is 0.287 e. The molecule has 1 atom stereocenters. The zero-order chi connectivity index (χ0) is 24.5. The zero-order valence-electron chi connectivity index (χ0n) is 19.6. The Morgan fingerprint density at radius 1 is 1.12 bits per heavy atom. The summed E-state index contributed by atoms with van der Waals surface area (Å²) in [5, 5.41) is 2.92. The number of ether oxygens (including phenoxy) is 2. The molecule has 10 nitrogen and oxygen atoms in total. The smallest absolute Gasteiger partial charge is 0.287 e. The summed E-state index contributed by atoms with van der Waals surface area (Å²) in [6.45, 7) is 2.48. The van der Waals surface area contributed by atoms with E-state index in [1.807, 2.05) is 7.05 Å². The van der Waals surface area contributed by atoms with Gasteiger partial charge in [0, 0.05) is 44.7 Å². The largest absolute Gasteiger partial charge is 0.497 e. The topological polar surface area (TPSA) is 116 Å². The summed E-state index contributed by atoms with van der Waals surface area (Å²) in [7, 11) is 1.18. The summed E-state index contributed by atoms with van der Waals surface area (Å²) < 4.78 is 45.6. The number of nitrogens with zero attached hydrogens (tertiary/aromatic N) is 3. The molecule has 34 heavy (non-hydrogen) atoms. The van der Waals surface area contributed by atoms with E-state index < -0.39 is 22.0 Å². The predicted molar refractivity (Wildman–Crippen MR) is 124 cm³/mol. The van der Waals surface area contributed by atoms with E-state index in [-0.39, 0.29) is 16.4 Å². The molecule has 182 valence electrons. The number of methoxy groups -OCH3 is 2. The van der Waals surface area contributed by atoms with E-state index in [9.17, 15) is 13.2 Å². The molecule has 0 radical (unpaired) electrons. The second-order valence-corrected chi connectivity index (χ2v) is 10.00. The number of imidazole rings is 1. The van der Waals surface area contributed by atoms with E-state index in [1.54, 1.807) is 56.3 Å². The van der Waals surface area contributed by atoms with Crippen LogP contribution in [0.4, 0.5) is 0 Å². The van der Waals surface area contributed by atoms with Crippen molar-refractivity contribution in [2.75, 3.05) is 27.3 Å². The quantitative estimate of drug-likeness (QED) is 0.518. The van der Waals surface area contributed by atoms with Crippen LogP contribution in [0.5, 0.6) is 11.5 Å². The molecule has 3 heterocycles. The Morgan fingerprint density at radius 3 is 2.32 bits per heavy atom. The molecule has 4 rings (SSSR count). The lowest BCUT2D eigenvalue weighted by atomic mass is 10.0. The van der Waals surface area contributed by atoms with E-state index in [0.29, 0.717) is 36.0 Å². The normalized spacial score (nSPS) is 15.3. The number of hydrogen-bond donors (Lipinski definition) is 1. The summed E-state index contributed by atoms with van der Waals surface area (Å²) in [5.74, 6) is 1.18. The highest BCUT2D eigenvalue weighted by Crippen LogP contribution is 2.31. The lowest BCUT2D eigenvalue weighted by Gasteiger charge is -2.20. The van der Waals surface area contributed by atoms with Crippen molar-refractivity contribution >= 4 is 15.9 Å². The Kier molecular flexibility index (Phi) is 6.67. The van der Waals surface area contributed by atoms with Crippen molar-refractivity contribution in [1.29, 1.82) is 0 Å². The van der Waals surface area contributed by atoms with Crippen LogP contribution < -0.4 is 14.8 Å². The van der Waals surface area contributed by atoms with Gasteiger partial charge in [-0.25, -0.2) is 13.4 Å². The van der Waals surface area contributed by atoms with Crippen molar-refractivity contribution < 1.29 is 27.1 Å². The zero-order valence-corrected chi connectivity index (χ0v) is 20.4. The van der Waals surface area contributed by atoms with Gasteiger partial charge in [-0.1, -0.05) is 0 Å². The third-order valence-electron chi connectivity index (χ3n) is 5.88. The van der Waals surface area contributed by atoms with Crippen molar-refractivity contribution in [2.24, 2.45) is 7.05 Å². The number of benzene rings is 1. The first-order valence-electron chi connectivity index (χ1n) is 10.9. The van der Waals surface area contributed by atoms with E-state index in [4.69, 9.17) is 13.9 Å². The van der Waals surface area contributed by atoms with Gasteiger partial charge in [0.1, 0.15) is 34.0 Å². The molecule has 1 saturated heterocycles. The molecular formula is C23H28N4O6S. The molecule has 3 aromatic rings. The number of rotatable bonds is 8. The monoisotopic (exact) mass is 488 g/mol. The Hall–Kier alpha value is -3.31. The number of amides is 1. The van der Waals surface area contributed by atoms with Crippen LogP contribution in [0.15, 0.2) is 46.0 Å². The summed E-state index contributed by atoms with van der Waals surface area (Å²) >= 11 is 0. The number of sulfonamides is 1. The predicted octanol–water partition coefficient (Wildman–Crippen LogP) is 2.64. The van der Waals surface area contributed by atoms with Gasteiger partial charge in [0.25, 0.3) is 5.91 Å². The SMILES string of the molecule is COc1cc(OC)cc(C(NC(=O)c2cc(S(=O)(=O)N3CCCC3)c(C)o2)c2nccn2C)c1. The highest BCUT2D eigenvalue weighted by molar-refractivity contribution is 7.89. The maximum atomic E-state index is 13.2. The standard InChI is InChI=1S/C23H28N4O6S/c1-15-20(34(29,30)27-8-5-6-9-27)14-19(33-15)23(28)25-21(22-24-7-10-26(22)2)16-11-17(31-3)13-18(12-16)32-4/h7,10-14,21H,5-6,8-9H2,1-4H3,(H,25,28). The second kappa shape index (κ2) is 9.51. The van der Waals surface area contributed by atoms with Crippen LogP contribution in [0.25, 0.3) is 0 Å². The first-order valence-corrected chi connectivity index (χ1v) is 12.3. The molecule has 0 aliphatic carbocycles. The minimum absolute atomic E-state index is 0.0103. The molecule has 1 aliphatic rings. The van der Waals surface area contributed by atoms with E-state index in [1.165, 1.54) is 10.4 Å². The van der Waals surface area contributed by atoms with Crippen LogP contribution in [0, 0.1) is 6.92 Å². The Balaban J connectivity index is 1.68. The van der Waals surface area contributed by atoms with Gasteiger partial charge in [0.2, 0.25) is 10.0 Å². The van der Waals surface area contributed by atoms with Gasteiger partial charge in [0.15, 0.2) is 5.76 Å². The molecule has 2 aromatic heterocycles. The Labute approximate surface area is 198 Å². The molecule has 1 amide bonds. The first kappa shape index (κ1) is 23.8. The van der Waals surface area contributed by atoms with Crippen molar-refractivity contribution in [2.45, 2.75) is 30.7 Å². The van der Waals surface area contributed by atoms with Gasteiger partial charge >= 0.3 is 0 Å². The molecule has 1 unspecified atom stereocenters. The molecule has 0 saturated carbocycles. The number of carbonyl (C=O) groups excluding carboxylic acids is 1. The van der Waals surface area contributed by atoms with Crippen LogP contribution in [-0.4, -0.2) is 55.5 Å². The van der Waals surface area contributed by atoms with Crippen molar-refractivity contribution in [3.05, 3.63) is 59.6 Å². The molecule has 1 aliphatic heterocycles. The van der Waals surface area contributed by atoms with Gasteiger partial charge < -0.3 is 23.8 Å². The van der Waals surface area contributed by atoms with Crippen LogP contribution in [0.1, 0.15) is 46.6 Å². The average molecular weight is 489 g/mol. The fraction of sp³-hybridized carbons (Fsp3) is 0.391. The number of hydrogen-bond acceptors (Lipinski definition) is 7. The maximum absolute atomic E-state index is 13.2. The van der Waals surface area contributed by atoms with E-state index in [0.717, 1.165) is 12.8 Å². The Morgan fingerprint density at radius 2 is 1.76 bits per heavy atom. The number of aryl methyl sites for hydroxylation is 2. The molecule has 0 bridgehead atoms. The molecule has 1 N–H and O–H groups in total. The lowest BCUT2D eigenvalue weighted by Crippen LogP contribution is -2.31. The van der Waals surface area contributed by atoms with E-state index >= 15 is 0 Å². The van der Waals surface area contributed by atoms with Gasteiger partial charge in [-0.15, -0.1) is 0 Å². The minimum atomic E-state index is -3.72.